The molecule has 1 aromatic carbocycles. The monoisotopic (exact) mass is 271 g/mol. The lowest BCUT2D eigenvalue weighted by Gasteiger charge is -2.19. The molecule has 0 radical (unpaired) electrons. The lowest BCUT2D eigenvalue weighted by Crippen LogP contribution is -2.22. The number of hydrazone groups is 1. The first-order valence-corrected chi connectivity index (χ1v) is 6.32. The van der Waals surface area contributed by atoms with Gasteiger partial charge in [0.15, 0.2) is 0 Å². The molecule has 0 fully saturated rings. The zero-order chi connectivity index (χ0) is 15.0. The first kappa shape index (κ1) is 15.5. The minimum absolute atomic E-state index is 0.215. The summed E-state index contributed by atoms with van der Waals surface area (Å²) in [5.74, 6) is 0.215. The second kappa shape index (κ2) is 7.78. The number of nitriles is 2. The Balaban J connectivity index is 2.89. The molecule has 20 heavy (non-hydrogen) atoms. The minimum atomic E-state index is -0.247. The van der Waals surface area contributed by atoms with E-state index in [0.717, 1.165) is 18.7 Å². The second-order valence-electron chi connectivity index (χ2n) is 4.10. The van der Waals surface area contributed by atoms with Gasteiger partial charge in [0.05, 0.1) is 5.69 Å². The summed E-state index contributed by atoms with van der Waals surface area (Å²) in [4.78, 5) is 2.16. The van der Waals surface area contributed by atoms with Crippen molar-refractivity contribution in [1.82, 2.24) is 4.90 Å². The van der Waals surface area contributed by atoms with Gasteiger partial charge in [0.2, 0.25) is 5.71 Å². The Hall–Kier alpha value is -2.57. The summed E-state index contributed by atoms with van der Waals surface area (Å²) in [6, 6.07) is 8.29. The molecule has 0 bridgehead atoms. The Labute approximate surface area is 118 Å². The summed E-state index contributed by atoms with van der Waals surface area (Å²) in [7, 11) is 0. The summed E-state index contributed by atoms with van der Waals surface area (Å²) in [5.41, 5.74) is 3.78. The van der Waals surface area contributed by atoms with E-state index in [1.165, 1.54) is 0 Å². The summed E-state index contributed by atoms with van der Waals surface area (Å²) < 4.78 is 0. The molecule has 0 unspecified atom stereocenters. The summed E-state index contributed by atoms with van der Waals surface area (Å²) in [6.07, 6.45) is 0. The molecule has 2 N–H and O–H groups in total. The third-order valence-corrected chi connectivity index (χ3v) is 2.88. The summed E-state index contributed by atoms with van der Waals surface area (Å²) in [6.45, 7) is 6.51. The van der Waals surface area contributed by atoms with E-state index in [1.54, 1.807) is 30.3 Å². The number of phenols is 1. The highest BCUT2D eigenvalue weighted by molar-refractivity contribution is 6.10. The van der Waals surface area contributed by atoms with Gasteiger partial charge in [-0.2, -0.15) is 15.6 Å². The van der Waals surface area contributed by atoms with Crippen LogP contribution >= 0.6 is 0 Å². The number of rotatable bonds is 6. The van der Waals surface area contributed by atoms with Crippen molar-refractivity contribution in [2.24, 2.45) is 5.10 Å². The molecule has 0 aliphatic rings. The molecule has 0 aliphatic heterocycles. The van der Waals surface area contributed by atoms with Gasteiger partial charge in [-0.3, -0.25) is 10.3 Å². The zero-order valence-corrected chi connectivity index (χ0v) is 11.6. The molecular weight excluding hydrogens is 254 g/mol. The largest absolute Gasteiger partial charge is 0.508 e. The molecule has 0 amide bonds. The molecule has 104 valence electrons. The van der Waals surface area contributed by atoms with Crippen molar-refractivity contribution in [3.8, 4) is 17.9 Å². The maximum absolute atomic E-state index is 9.85. The predicted molar refractivity (Wildman–Crippen MR) is 77.0 cm³/mol. The average molecular weight is 271 g/mol. The van der Waals surface area contributed by atoms with Gasteiger partial charge in [-0.15, -0.1) is 0 Å². The van der Waals surface area contributed by atoms with E-state index in [-0.39, 0.29) is 11.5 Å². The number of anilines is 1. The van der Waals surface area contributed by atoms with Crippen LogP contribution in [0.1, 0.15) is 19.4 Å². The number of phenolic OH excluding ortho intramolecular Hbond substituents is 1. The van der Waals surface area contributed by atoms with Crippen molar-refractivity contribution in [1.29, 1.82) is 10.5 Å². The van der Waals surface area contributed by atoms with Gasteiger partial charge >= 0.3 is 0 Å². The Morgan fingerprint density at radius 3 is 2.50 bits per heavy atom. The Kier molecular flexibility index (Phi) is 6.02. The predicted octanol–water partition coefficient (Wildman–Crippen LogP) is 2.05. The smallest absolute Gasteiger partial charge is 0.237 e. The van der Waals surface area contributed by atoms with Crippen molar-refractivity contribution < 1.29 is 5.11 Å². The molecule has 6 heteroatoms. The normalized spacial score (nSPS) is 9.65. The average Bonchev–Trinajstić information content (AvgIpc) is 2.48. The van der Waals surface area contributed by atoms with Gasteiger partial charge in [-0.05, 0) is 31.3 Å². The van der Waals surface area contributed by atoms with E-state index in [2.05, 4.69) is 29.3 Å². The van der Waals surface area contributed by atoms with E-state index >= 15 is 0 Å². The number of nitrogens with one attached hydrogen (secondary N) is 1. The third-order valence-electron chi connectivity index (χ3n) is 2.88. The van der Waals surface area contributed by atoms with Crippen molar-refractivity contribution in [3.05, 3.63) is 23.8 Å². The maximum atomic E-state index is 9.85. The van der Waals surface area contributed by atoms with E-state index in [0.29, 0.717) is 12.2 Å². The van der Waals surface area contributed by atoms with Crippen LogP contribution in [0.3, 0.4) is 0 Å². The Morgan fingerprint density at radius 1 is 1.30 bits per heavy atom. The van der Waals surface area contributed by atoms with E-state index in [4.69, 9.17) is 10.5 Å². The van der Waals surface area contributed by atoms with Crippen LogP contribution in [0.4, 0.5) is 5.69 Å². The van der Waals surface area contributed by atoms with Gasteiger partial charge in [-0.25, -0.2) is 0 Å². The Morgan fingerprint density at radius 2 is 1.95 bits per heavy atom. The number of hydrogen-bond donors (Lipinski definition) is 2. The quantitative estimate of drug-likeness (QED) is 0.469. The highest BCUT2D eigenvalue weighted by atomic mass is 16.3. The van der Waals surface area contributed by atoms with E-state index in [1.807, 2.05) is 0 Å². The van der Waals surface area contributed by atoms with Gasteiger partial charge < -0.3 is 5.11 Å². The molecule has 0 heterocycles. The van der Waals surface area contributed by atoms with Crippen LogP contribution in [-0.4, -0.2) is 28.8 Å². The van der Waals surface area contributed by atoms with Crippen LogP contribution in [0, 0.1) is 22.7 Å². The lowest BCUT2D eigenvalue weighted by molar-refractivity contribution is 0.291. The van der Waals surface area contributed by atoms with E-state index in [9.17, 15) is 5.11 Å². The van der Waals surface area contributed by atoms with Crippen LogP contribution in [0.15, 0.2) is 23.3 Å². The van der Waals surface area contributed by atoms with Gasteiger partial charge in [0.25, 0.3) is 0 Å². The van der Waals surface area contributed by atoms with Crippen LogP contribution in [0.25, 0.3) is 0 Å². The van der Waals surface area contributed by atoms with E-state index < -0.39 is 0 Å². The topological polar surface area (TPSA) is 95.4 Å². The lowest BCUT2D eigenvalue weighted by atomic mass is 10.1. The van der Waals surface area contributed by atoms with Gasteiger partial charge in [0.1, 0.15) is 17.9 Å². The van der Waals surface area contributed by atoms with Gasteiger partial charge in [-0.1, -0.05) is 13.8 Å². The molecule has 1 rings (SSSR count). The third kappa shape index (κ3) is 4.27. The molecule has 0 saturated carbocycles. The van der Waals surface area contributed by atoms with Crippen molar-refractivity contribution in [2.45, 2.75) is 20.4 Å². The van der Waals surface area contributed by atoms with Crippen molar-refractivity contribution in [3.63, 3.8) is 0 Å². The molecule has 0 aliphatic carbocycles. The number of hydrogen-bond acceptors (Lipinski definition) is 6. The second-order valence-corrected chi connectivity index (χ2v) is 4.10. The zero-order valence-electron chi connectivity index (χ0n) is 11.6. The SMILES string of the molecule is CCN(CC)Cc1cc(NN=C(C#N)C#N)ccc1O. The van der Waals surface area contributed by atoms with Crippen molar-refractivity contribution >= 4 is 11.4 Å². The molecule has 0 aromatic heterocycles. The standard InChI is InChI=1S/C14H17N5O/c1-3-19(4-2)10-11-7-12(5-6-14(11)20)17-18-13(8-15)9-16/h5-7,17,20H,3-4,10H2,1-2H3. The highest BCUT2D eigenvalue weighted by Gasteiger charge is 2.07. The minimum Gasteiger partial charge on any atom is -0.508 e. The first-order chi connectivity index (χ1) is 9.64. The van der Waals surface area contributed by atoms with Crippen LogP contribution in [-0.2, 0) is 6.54 Å². The fourth-order valence-corrected chi connectivity index (χ4v) is 1.67. The summed E-state index contributed by atoms with van der Waals surface area (Å²) in [5, 5.41) is 30.7. The Bertz CT molecular complexity index is 548. The highest BCUT2D eigenvalue weighted by Crippen LogP contribution is 2.23. The van der Waals surface area contributed by atoms with Crippen LogP contribution in [0.2, 0.25) is 0 Å². The van der Waals surface area contributed by atoms with Crippen LogP contribution < -0.4 is 5.43 Å². The van der Waals surface area contributed by atoms with Gasteiger partial charge in [0, 0.05) is 12.1 Å². The van der Waals surface area contributed by atoms with Crippen molar-refractivity contribution in [2.75, 3.05) is 18.5 Å². The fourth-order valence-electron chi connectivity index (χ4n) is 1.67. The molecule has 6 nitrogen and oxygen atoms in total. The maximum Gasteiger partial charge on any atom is 0.237 e. The van der Waals surface area contributed by atoms with Crippen LogP contribution in [0.5, 0.6) is 5.75 Å². The molecule has 1 aromatic rings. The number of benzene rings is 1. The summed E-state index contributed by atoms with van der Waals surface area (Å²) >= 11 is 0. The molecular formula is C14H17N5O. The molecule has 0 spiro atoms. The first-order valence-electron chi connectivity index (χ1n) is 6.32. The fraction of sp³-hybridized carbons (Fsp3) is 0.357. The number of aromatic hydroxyl groups is 1. The molecule has 0 atom stereocenters. The number of nitrogens with zero attached hydrogens (tertiary/aromatic N) is 4. The molecule has 0 saturated heterocycles.